The van der Waals surface area contributed by atoms with Crippen LogP contribution in [0, 0.1) is 13.8 Å². The summed E-state index contributed by atoms with van der Waals surface area (Å²) < 4.78 is 0.846. The first-order chi connectivity index (χ1) is 9.86. The van der Waals surface area contributed by atoms with Gasteiger partial charge < -0.3 is 11.1 Å². The summed E-state index contributed by atoms with van der Waals surface area (Å²) in [5, 5.41) is 2.87. The molecule has 0 saturated carbocycles. The Morgan fingerprint density at radius 1 is 1.14 bits per heavy atom. The maximum atomic E-state index is 12.4. The van der Waals surface area contributed by atoms with Crippen molar-refractivity contribution < 1.29 is 4.79 Å². The lowest BCUT2D eigenvalue weighted by Crippen LogP contribution is -2.17. The van der Waals surface area contributed by atoms with Gasteiger partial charge in [-0.05, 0) is 44.2 Å². The fourth-order valence-electron chi connectivity index (χ4n) is 2.14. The van der Waals surface area contributed by atoms with Crippen LogP contribution in [0.1, 0.15) is 27.0 Å². The molecule has 2 aromatic rings. The quantitative estimate of drug-likeness (QED) is 0.812. The largest absolute Gasteiger partial charge is 0.389 e. The zero-order valence-corrected chi connectivity index (χ0v) is 14.1. The summed E-state index contributed by atoms with van der Waals surface area (Å²) in [7, 11) is 0. The Bertz CT molecular complexity index is 708. The van der Waals surface area contributed by atoms with E-state index in [2.05, 4.69) is 21.2 Å². The maximum Gasteiger partial charge on any atom is 0.255 e. The number of anilines is 1. The lowest BCUT2D eigenvalue weighted by atomic mass is 10.1. The third-order valence-electron chi connectivity index (χ3n) is 2.98. The fourth-order valence-corrected chi connectivity index (χ4v) is 2.67. The molecular weight excluding hydrogens is 348 g/mol. The van der Waals surface area contributed by atoms with Gasteiger partial charge in [0, 0.05) is 15.6 Å². The average molecular weight is 363 g/mol. The number of carbonyl (C=O) groups is 1. The maximum absolute atomic E-state index is 12.4. The summed E-state index contributed by atoms with van der Waals surface area (Å²) in [5.74, 6) is -0.183. The number of rotatable bonds is 3. The highest BCUT2D eigenvalue weighted by molar-refractivity contribution is 9.10. The van der Waals surface area contributed by atoms with Crippen molar-refractivity contribution in [2.45, 2.75) is 13.8 Å². The van der Waals surface area contributed by atoms with Gasteiger partial charge in [0.2, 0.25) is 0 Å². The Hall–Kier alpha value is -1.72. The van der Waals surface area contributed by atoms with E-state index in [1.54, 1.807) is 12.1 Å². The summed E-state index contributed by atoms with van der Waals surface area (Å²) in [6, 6.07) is 11.1. The molecule has 0 atom stereocenters. The monoisotopic (exact) mass is 362 g/mol. The van der Waals surface area contributed by atoms with Gasteiger partial charge in [-0.15, -0.1) is 0 Å². The van der Waals surface area contributed by atoms with Crippen LogP contribution in [0.2, 0.25) is 0 Å². The molecule has 1 amide bonds. The van der Waals surface area contributed by atoms with Gasteiger partial charge in [-0.1, -0.05) is 45.3 Å². The van der Waals surface area contributed by atoms with Crippen LogP contribution >= 0.6 is 28.1 Å². The Morgan fingerprint density at radius 3 is 2.33 bits per heavy atom. The third kappa shape index (κ3) is 3.89. The number of amides is 1. The van der Waals surface area contributed by atoms with Gasteiger partial charge in [-0.2, -0.15) is 0 Å². The highest BCUT2D eigenvalue weighted by atomic mass is 79.9. The van der Waals surface area contributed by atoms with E-state index in [1.807, 2.05) is 38.1 Å². The zero-order chi connectivity index (χ0) is 15.6. The predicted octanol–water partition coefficient (Wildman–Crippen LogP) is 3.95. The molecule has 0 aliphatic rings. The number of carbonyl (C=O) groups excluding carboxylic acids is 1. The first-order valence-electron chi connectivity index (χ1n) is 6.36. The number of thiocarbonyl (C=S) groups is 1. The minimum atomic E-state index is -0.183. The molecule has 2 rings (SSSR count). The van der Waals surface area contributed by atoms with Crippen molar-refractivity contribution in [2.75, 3.05) is 5.32 Å². The van der Waals surface area contributed by atoms with Crippen LogP contribution in [0.3, 0.4) is 0 Å². The molecule has 21 heavy (non-hydrogen) atoms. The highest BCUT2D eigenvalue weighted by Gasteiger charge is 2.12. The van der Waals surface area contributed by atoms with Crippen LogP contribution in [0.25, 0.3) is 0 Å². The summed E-state index contributed by atoms with van der Waals surface area (Å²) in [4.78, 5) is 12.6. The molecule has 0 aromatic heterocycles. The lowest BCUT2D eigenvalue weighted by molar-refractivity contribution is 0.102. The van der Waals surface area contributed by atoms with E-state index >= 15 is 0 Å². The standard InChI is InChI=1S/C16H15BrN2OS/c1-9-5-10(2)7-11(6-9)16(20)19-14-8-12(17)3-4-13(14)15(18)21/h3-8H,1-2H3,(H2,18,21)(H,19,20). The van der Waals surface area contributed by atoms with Crippen LogP contribution < -0.4 is 11.1 Å². The summed E-state index contributed by atoms with van der Waals surface area (Å²) in [5.41, 5.74) is 9.64. The van der Waals surface area contributed by atoms with E-state index < -0.39 is 0 Å². The molecule has 0 aliphatic heterocycles. The smallest absolute Gasteiger partial charge is 0.255 e. The SMILES string of the molecule is Cc1cc(C)cc(C(=O)Nc2cc(Br)ccc2C(N)=S)c1. The lowest BCUT2D eigenvalue weighted by Gasteiger charge is -2.11. The van der Waals surface area contributed by atoms with Crippen molar-refractivity contribution in [3.8, 4) is 0 Å². The van der Waals surface area contributed by atoms with Crippen LogP contribution in [-0.4, -0.2) is 10.9 Å². The fraction of sp³-hybridized carbons (Fsp3) is 0.125. The molecule has 0 unspecified atom stereocenters. The Morgan fingerprint density at radius 2 is 1.76 bits per heavy atom. The molecule has 3 N–H and O–H groups in total. The van der Waals surface area contributed by atoms with E-state index in [0.29, 0.717) is 16.8 Å². The van der Waals surface area contributed by atoms with E-state index in [-0.39, 0.29) is 10.9 Å². The highest BCUT2D eigenvalue weighted by Crippen LogP contribution is 2.22. The van der Waals surface area contributed by atoms with E-state index in [1.165, 1.54) is 0 Å². The van der Waals surface area contributed by atoms with Crippen molar-refractivity contribution in [1.82, 2.24) is 0 Å². The number of nitrogens with two attached hydrogens (primary N) is 1. The van der Waals surface area contributed by atoms with Crippen molar-refractivity contribution in [2.24, 2.45) is 5.73 Å². The van der Waals surface area contributed by atoms with Gasteiger partial charge in [0.1, 0.15) is 4.99 Å². The number of aryl methyl sites for hydroxylation is 2. The number of hydrogen-bond acceptors (Lipinski definition) is 2. The van der Waals surface area contributed by atoms with Crippen molar-refractivity contribution in [3.05, 3.63) is 63.1 Å². The van der Waals surface area contributed by atoms with Crippen LogP contribution in [0.4, 0.5) is 5.69 Å². The number of halogens is 1. The second-order valence-electron chi connectivity index (χ2n) is 4.88. The van der Waals surface area contributed by atoms with Crippen molar-refractivity contribution in [1.29, 1.82) is 0 Å². The van der Waals surface area contributed by atoms with Gasteiger partial charge in [-0.25, -0.2) is 0 Å². The summed E-state index contributed by atoms with van der Waals surface area (Å²) >= 11 is 8.39. The molecule has 2 aromatic carbocycles. The first kappa shape index (κ1) is 15.7. The number of nitrogens with one attached hydrogen (secondary N) is 1. The van der Waals surface area contributed by atoms with Crippen LogP contribution in [0.5, 0.6) is 0 Å². The Labute approximate surface area is 137 Å². The van der Waals surface area contributed by atoms with Gasteiger partial charge in [0.15, 0.2) is 0 Å². The zero-order valence-electron chi connectivity index (χ0n) is 11.7. The van der Waals surface area contributed by atoms with Gasteiger partial charge in [0.05, 0.1) is 5.69 Å². The predicted molar refractivity (Wildman–Crippen MR) is 93.9 cm³/mol. The van der Waals surface area contributed by atoms with Gasteiger partial charge in [0.25, 0.3) is 5.91 Å². The molecule has 0 saturated heterocycles. The van der Waals surface area contributed by atoms with Gasteiger partial charge >= 0.3 is 0 Å². The van der Waals surface area contributed by atoms with Crippen LogP contribution in [0.15, 0.2) is 40.9 Å². The van der Waals surface area contributed by atoms with Crippen molar-refractivity contribution in [3.63, 3.8) is 0 Å². The molecular formula is C16H15BrN2OS. The second kappa shape index (κ2) is 6.37. The normalized spacial score (nSPS) is 10.2. The summed E-state index contributed by atoms with van der Waals surface area (Å²) in [6.45, 7) is 3.92. The number of benzene rings is 2. The second-order valence-corrected chi connectivity index (χ2v) is 6.24. The minimum absolute atomic E-state index is 0.183. The minimum Gasteiger partial charge on any atom is -0.389 e. The molecule has 0 radical (unpaired) electrons. The van der Waals surface area contributed by atoms with E-state index in [9.17, 15) is 4.79 Å². The molecule has 5 heteroatoms. The molecule has 108 valence electrons. The van der Waals surface area contributed by atoms with Crippen molar-refractivity contribution >= 4 is 44.7 Å². The van der Waals surface area contributed by atoms with E-state index in [4.69, 9.17) is 18.0 Å². The van der Waals surface area contributed by atoms with E-state index in [0.717, 1.165) is 15.6 Å². The molecule has 3 nitrogen and oxygen atoms in total. The Balaban J connectivity index is 2.35. The number of hydrogen-bond donors (Lipinski definition) is 2. The van der Waals surface area contributed by atoms with Gasteiger partial charge in [-0.3, -0.25) is 4.79 Å². The molecule has 0 heterocycles. The third-order valence-corrected chi connectivity index (χ3v) is 3.69. The molecule has 0 fully saturated rings. The molecule has 0 bridgehead atoms. The summed E-state index contributed by atoms with van der Waals surface area (Å²) in [6.07, 6.45) is 0. The average Bonchev–Trinajstić information content (AvgIpc) is 2.37. The molecule has 0 aliphatic carbocycles. The topological polar surface area (TPSA) is 55.1 Å². The molecule has 0 spiro atoms. The first-order valence-corrected chi connectivity index (χ1v) is 7.56. The Kier molecular flexibility index (Phi) is 4.75. The van der Waals surface area contributed by atoms with Crippen LogP contribution in [-0.2, 0) is 0 Å².